The van der Waals surface area contributed by atoms with Crippen LogP contribution in [0.15, 0.2) is 30.3 Å². The molecule has 0 bridgehead atoms. The number of fused-ring (bicyclic) bond motifs is 1. The minimum Gasteiger partial charge on any atom is -0.356 e. The van der Waals surface area contributed by atoms with E-state index in [0.29, 0.717) is 25.8 Å². The molecule has 4 atom stereocenters. The van der Waals surface area contributed by atoms with Gasteiger partial charge in [0.25, 0.3) is 0 Å². The number of rotatable bonds is 6. The fourth-order valence-electron chi connectivity index (χ4n) is 3.46. The van der Waals surface area contributed by atoms with Crippen LogP contribution in [0.3, 0.4) is 0 Å². The highest BCUT2D eigenvalue weighted by molar-refractivity contribution is 5.93. The van der Waals surface area contributed by atoms with Gasteiger partial charge in [0, 0.05) is 12.5 Å². The van der Waals surface area contributed by atoms with E-state index in [0.717, 1.165) is 5.56 Å². The van der Waals surface area contributed by atoms with E-state index in [1.54, 1.807) is 0 Å². The number of nitrogens with one attached hydrogen (secondary N) is 2. The van der Waals surface area contributed by atoms with E-state index in [4.69, 9.17) is 4.74 Å². The molecule has 0 aliphatic carbocycles. The monoisotopic (exact) mass is 373 g/mol. The molecule has 0 radical (unpaired) electrons. The van der Waals surface area contributed by atoms with Gasteiger partial charge in [0.1, 0.15) is 18.3 Å². The summed E-state index contributed by atoms with van der Waals surface area (Å²) in [5.41, 5.74) is 1.00. The smallest absolute Gasteiger partial charge is 0.250 e. The highest BCUT2D eigenvalue weighted by atomic mass is 16.5. The zero-order chi connectivity index (χ0) is 19.4. The SMILES string of the molecule is CC[C@@H](C)C(=O)N[C@H]1CO[C@H]2CCC(C(=O)NCc3ccccc3)N2C1=O. The highest BCUT2D eigenvalue weighted by Crippen LogP contribution is 2.29. The van der Waals surface area contributed by atoms with Crippen molar-refractivity contribution < 1.29 is 19.1 Å². The van der Waals surface area contributed by atoms with Crippen LogP contribution in [0.2, 0.25) is 0 Å². The lowest BCUT2D eigenvalue weighted by atomic mass is 10.1. The fraction of sp³-hybridized carbons (Fsp3) is 0.550. The number of hydrogen-bond acceptors (Lipinski definition) is 4. The van der Waals surface area contributed by atoms with Crippen LogP contribution in [0.4, 0.5) is 0 Å². The Morgan fingerprint density at radius 2 is 2.00 bits per heavy atom. The molecule has 3 rings (SSSR count). The Hall–Kier alpha value is -2.41. The molecule has 2 N–H and O–H groups in total. The van der Waals surface area contributed by atoms with Gasteiger partial charge in [0.05, 0.1) is 6.61 Å². The Morgan fingerprint density at radius 1 is 1.26 bits per heavy atom. The van der Waals surface area contributed by atoms with Crippen LogP contribution in [0.25, 0.3) is 0 Å². The Kier molecular flexibility index (Phi) is 6.11. The van der Waals surface area contributed by atoms with Crippen LogP contribution >= 0.6 is 0 Å². The van der Waals surface area contributed by atoms with Gasteiger partial charge in [-0.1, -0.05) is 44.2 Å². The second kappa shape index (κ2) is 8.52. The first-order chi connectivity index (χ1) is 13.0. The van der Waals surface area contributed by atoms with E-state index in [1.807, 2.05) is 44.2 Å². The maximum absolute atomic E-state index is 12.9. The number of ether oxygens (including phenoxy) is 1. The van der Waals surface area contributed by atoms with E-state index < -0.39 is 12.1 Å². The summed E-state index contributed by atoms with van der Waals surface area (Å²) in [5.74, 6) is -0.756. The summed E-state index contributed by atoms with van der Waals surface area (Å²) < 4.78 is 5.75. The molecule has 2 aliphatic rings. The van der Waals surface area contributed by atoms with Crippen molar-refractivity contribution in [3.63, 3.8) is 0 Å². The van der Waals surface area contributed by atoms with Gasteiger partial charge >= 0.3 is 0 Å². The van der Waals surface area contributed by atoms with Crippen molar-refractivity contribution in [2.24, 2.45) is 5.92 Å². The first-order valence-electron chi connectivity index (χ1n) is 9.57. The van der Waals surface area contributed by atoms with Gasteiger partial charge in [-0.25, -0.2) is 0 Å². The van der Waals surface area contributed by atoms with Gasteiger partial charge in [0.15, 0.2) is 0 Å². The normalized spacial score (nSPS) is 25.6. The van der Waals surface area contributed by atoms with E-state index in [9.17, 15) is 14.4 Å². The quantitative estimate of drug-likeness (QED) is 0.784. The van der Waals surface area contributed by atoms with E-state index >= 15 is 0 Å². The predicted molar refractivity (Wildman–Crippen MR) is 99.3 cm³/mol. The molecule has 27 heavy (non-hydrogen) atoms. The second-order valence-electron chi connectivity index (χ2n) is 7.20. The van der Waals surface area contributed by atoms with Crippen molar-refractivity contribution in [3.8, 4) is 0 Å². The molecule has 1 aromatic rings. The fourth-order valence-corrected chi connectivity index (χ4v) is 3.46. The summed E-state index contributed by atoms with van der Waals surface area (Å²) in [6, 6.07) is 8.34. The lowest BCUT2D eigenvalue weighted by Crippen LogP contribution is -2.61. The number of nitrogens with zero attached hydrogens (tertiary/aromatic N) is 1. The zero-order valence-electron chi connectivity index (χ0n) is 15.8. The molecule has 0 saturated carbocycles. The molecule has 2 heterocycles. The van der Waals surface area contributed by atoms with Crippen LogP contribution in [0, 0.1) is 5.92 Å². The first kappa shape index (κ1) is 19.4. The van der Waals surface area contributed by atoms with Crippen molar-refractivity contribution in [3.05, 3.63) is 35.9 Å². The van der Waals surface area contributed by atoms with Gasteiger partial charge in [0.2, 0.25) is 17.7 Å². The van der Waals surface area contributed by atoms with Gasteiger partial charge in [-0.15, -0.1) is 0 Å². The molecule has 146 valence electrons. The average molecular weight is 373 g/mol. The number of hydrogen-bond donors (Lipinski definition) is 2. The minimum atomic E-state index is -0.731. The summed E-state index contributed by atoms with van der Waals surface area (Å²) in [4.78, 5) is 39.2. The van der Waals surface area contributed by atoms with Gasteiger partial charge in [-0.2, -0.15) is 0 Å². The van der Waals surface area contributed by atoms with E-state index in [1.165, 1.54) is 4.90 Å². The van der Waals surface area contributed by atoms with Crippen molar-refractivity contribution in [2.45, 2.75) is 58.0 Å². The summed E-state index contributed by atoms with van der Waals surface area (Å²) in [6.07, 6.45) is 1.50. The molecule has 0 spiro atoms. The summed E-state index contributed by atoms with van der Waals surface area (Å²) in [6.45, 7) is 4.31. The van der Waals surface area contributed by atoms with Crippen LogP contribution in [0.1, 0.15) is 38.7 Å². The van der Waals surface area contributed by atoms with Crippen LogP contribution < -0.4 is 10.6 Å². The lowest BCUT2D eigenvalue weighted by molar-refractivity contribution is -0.167. The Bertz CT molecular complexity index is 694. The number of benzene rings is 1. The van der Waals surface area contributed by atoms with Crippen LogP contribution in [-0.4, -0.2) is 47.5 Å². The highest BCUT2D eigenvalue weighted by Gasteiger charge is 2.47. The topological polar surface area (TPSA) is 87.7 Å². The standard InChI is InChI=1S/C20H27N3O4/c1-3-13(2)18(24)22-15-12-27-17-10-9-16(23(17)20(15)26)19(25)21-11-14-7-5-4-6-8-14/h4-8,13,15-17H,3,9-12H2,1-2H3,(H,21,25)(H,22,24)/t13-,15+,16?,17+/m1/s1. The number of carbonyl (C=O) groups excluding carboxylic acids is 3. The van der Waals surface area contributed by atoms with E-state index in [2.05, 4.69) is 10.6 Å². The molecule has 2 aliphatic heterocycles. The van der Waals surface area contributed by atoms with Crippen LogP contribution in [0.5, 0.6) is 0 Å². The molecule has 3 amide bonds. The molecular formula is C20H27N3O4. The third-order valence-corrected chi connectivity index (χ3v) is 5.33. The molecule has 7 nitrogen and oxygen atoms in total. The molecule has 2 fully saturated rings. The minimum absolute atomic E-state index is 0.153. The molecule has 1 aromatic carbocycles. The molecular weight excluding hydrogens is 346 g/mol. The van der Waals surface area contributed by atoms with Crippen molar-refractivity contribution in [2.75, 3.05) is 6.61 Å². The van der Waals surface area contributed by atoms with Crippen LogP contribution in [-0.2, 0) is 25.7 Å². The third kappa shape index (κ3) is 4.30. The lowest BCUT2D eigenvalue weighted by Gasteiger charge is -2.37. The van der Waals surface area contributed by atoms with E-state index in [-0.39, 0.29) is 36.5 Å². The Morgan fingerprint density at radius 3 is 2.70 bits per heavy atom. The molecule has 7 heteroatoms. The van der Waals surface area contributed by atoms with Gasteiger partial charge in [-0.3, -0.25) is 14.4 Å². The zero-order valence-corrected chi connectivity index (χ0v) is 15.8. The molecule has 1 unspecified atom stereocenters. The Balaban J connectivity index is 1.62. The summed E-state index contributed by atoms with van der Waals surface area (Å²) >= 11 is 0. The van der Waals surface area contributed by atoms with Crippen molar-refractivity contribution >= 4 is 17.7 Å². The molecule has 0 aromatic heterocycles. The largest absolute Gasteiger partial charge is 0.356 e. The van der Waals surface area contributed by atoms with Crippen molar-refractivity contribution in [1.82, 2.24) is 15.5 Å². The number of carbonyl (C=O) groups is 3. The predicted octanol–water partition coefficient (Wildman–Crippen LogP) is 1.18. The van der Waals surface area contributed by atoms with Gasteiger partial charge < -0.3 is 20.3 Å². The average Bonchev–Trinajstić information content (AvgIpc) is 3.13. The maximum atomic E-state index is 12.9. The third-order valence-electron chi connectivity index (χ3n) is 5.33. The van der Waals surface area contributed by atoms with Crippen molar-refractivity contribution in [1.29, 1.82) is 0 Å². The summed E-state index contributed by atoms with van der Waals surface area (Å²) in [5, 5.41) is 5.66. The molecule has 2 saturated heterocycles. The number of amides is 3. The second-order valence-corrected chi connectivity index (χ2v) is 7.20. The first-order valence-corrected chi connectivity index (χ1v) is 9.57. The maximum Gasteiger partial charge on any atom is 0.250 e. The van der Waals surface area contributed by atoms with Gasteiger partial charge in [-0.05, 0) is 24.8 Å². The summed E-state index contributed by atoms with van der Waals surface area (Å²) in [7, 11) is 0. The Labute approximate surface area is 159 Å².